The number of nitrogens with one attached hydrogen (secondary N) is 1. The van der Waals surface area contributed by atoms with Crippen molar-refractivity contribution in [1.29, 1.82) is 0 Å². The van der Waals surface area contributed by atoms with E-state index in [1.807, 2.05) is 12.4 Å². The zero-order valence-electron chi connectivity index (χ0n) is 16.5. The van der Waals surface area contributed by atoms with E-state index in [0.717, 1.165) is 46.5 Å². The fraction of sp³-hybridized carbons (Fsp3) is 0.450. The maximum absolute atomic E-state index is 12.0. The first-order valence-corrected chi connectivity index (χ1v) is 11.7. The molecular formula is C20H24N6O2S. The summed E-state index contributed by atoms with van der Waals surface area (Å²) in [6.07, 6.45) is 8.29. The number of hydrogen-bond acceptors (Lipinski definition) is 6. The summed E-state index contributed by atoms with van der Waals surface area (Å²) in [5.41, 5.74) is 5.25. The highest BCUT2D eigenvalue weighted by molar-refractivity contribution is 7.88. The first kappa shape index (κ1) is 18.5. The molecule has 0 amide bonds. The molecule has 2 aliphatic heterocycles. The highest BCUT2D eigenvalue weighted by Crippen LogP contribution is 2.36. The van der Waals surface area contributed by atoms with Crippen LogP contribution in [0.3, 0.4) is 0 Å². The molecule has 0 aliphatic carbocycles. The van der Waals surface area contributed by atoms with Gasteiger partial charge in [0, 0.05) is 67.0 Å². The van der Waals surface area contributed by atoms with Gasteiger partial charge in [0.2, 0.25) is 10.0 Å². The molecule has 29 heavy (non-hydrogen) atoms. The summed E-state index contributed by atoms with van der Waals surface area (Å²) in [6, 6.07) is 4.41. The van der Waals surface area contributed by atoms with E-state index in [9.17, 15) is 8.42 Å². The SMILES string of the molecule is C[C@@H]1Cc2ncnc(C3CCN(S(C)(=O)=O)C3)c2CN1c1ccnc2[nH]ccc12. The van der Waals surface area contributed by atoms with Crippen molar-refractivity contribution in [2.45, 2.75) is 38.3 Å². The highest BCUT2D eigenvalue weighted by Gasteiger charge is 2.35. The van der Waals surface area contributed by atoms with E-state index in [0.29, 0.717) is 25.7 Å². The Morgan fingerprint density at radius 2 is 2.07 bits per heavy atom. The molecule has 1 N–H and O–H groups in total. The molecule has 1 fully saturated rings. The van der Waals surface area contributed by atoms with Crippen molar-refractivity contribution in [2.75, 3.05) is 24.2 Å². The second-order valence-electron chi connectivity index (χ2n) is 8.04. The van der Waals surface area contributed by atoms with Crippen LogP contribution in [-0.4, -0.2) is 58.0 Å². The van der Waals surface area contributed by atoms with E-state index in [1.165, 1.54) is 6.26 Å². The number of nitrogens with zero attached hydrogens (tertiary/aromatic N) is 5. The second kappa shape index (κ2) is 6.77. The van der Waals surface area contributed by atoms with Gasteiger partial charge in [0.05, 0.1) is 17.6 Å². The lowest BCUT2D eigenvalue weighted by atomic mass is 9.92. The molecule has 3 aromatic heterocycles. The van der Waals surface area contributed by atoms with Gasteiger partial charge in [-0.2, -0.15) is 0 Å². The summed E-state index contributed by atoms with van der Waals surface area (Å²) in [4.78, 5) is 19.2. The third-order valence-electron chi connectivity index (χ3n) is 6.17. The Labute approximate surface area is 170 Å². The predicted molar refractivity (Wildman–Crippen MR) is 111 cm³/mol. The van der Waals surface area contributed by atoms with Crippen molar-refractivity contribution in [3.63, 3.8) is 0 Å². The lowest BCUT2D eigenvalue weighted by Gasteiger charge is -2.37. The summed E-state index contributed by atoms with van der Waals surface area (Å²) >= 11 is 0. The monoisotopic (exact) mass is 412 g/mol. The van der Waals surface area contributed by atoms with Gasteiger partial charge in [0.1, 0.15) is 12.0 Å². The van der Waals surface area contributed by atoms with Gasteiger partial charge in [-0.15, -0.1) is 0 Å². The van der Waals surface area contributed by atoms with Crippen LogP contribution >= 0.6 is 0 Å². The van der Waals surface area contributed by atoms with Crippen molar-refractivity contribution in [3.8, 4) is 0 Å². The average Bonchev–Trinajstić information content (AvgIpc) is 3.36. The summed E-state index contributed by atoms with van der Waals surface area (Å²) < 4.78 is 25.5. The van der Waals surface area contributed by atoms with E-state index in [4.69, 9.17) is 0 Å². The molecule has 1 unspecified atom stereocenters. The van der Waals surface area contributed by atoms with Crippen LogP contribution in [0, 0.1) is 0 Å². The van der Waals surface area contributed by atoms with E-state index in [2.05, 4.69) is 43.9 Å². The second-order valence-corrected chi connectivity index (χ2v) is 10.0. The molecule has 2 atom stereocenters. The van der Waals surface area contributed by atoms with E-state index in [1.54, 1.807) is 10.6 Å². The van der Waals surface area contributed by atoms with E-state index in [-0.39, 0.29) is 5.92 Å². The van der Waals surface area contributed by atoms with Gasteiger partial charge in [-0.05, 0) is 25.5 Å². The number of H-pyrrole nitrogens is 1. The largest absolute Gasteiger partial charge is 0.363 e. The van der Waals surface area contributed by atoms with Gasteiger partial charge in [-0.1, -0.05) is 0 Å². The number of anilines is 1. The zero-order chi connectivity index (χ0) is 20.2. The Morgan fingerprint density at radius 1 is 1.21 bits per heavy atom. The molecule has 5 rings (SSSR count). The fourth-order valence-corrected chi connectivity index (χ4v) is 5.54. The average molecular weight is 413 g/mol. The normalized spacial score (nSPS) is 22.9. The molecule has 8 nitrogen and oxygen atoms in total. The quantitative estimate of drug-likeness (QED) is 0.707. The van der Waals surface area contributed by atoms with Gasteiger partial charge >= 0.3 is 0 Å². The number of aromatic amines is 1. The number of sulfonamides is 1. The highest BCUT2D eigenvalue weighted by atomic mass is 32.2. The molecule has 9 heteroatoms. The molecule has 3 aromatic rings. The van der Waals surface area contributed by atoms with Crippen LogP contribution in [0.1, 0.15) is 36.2 Å². The summed E-state index contributed by atoms with van der Waals surface area (Å²) in [5.74, 6) is 0.112. The lowest BCUT2D eigenvalue weighted by Crippen LogP contribution is -2.40. The third-order valence-corrected chi connectivity index (χ3v) is 7.44. The standard InChI is InChI=1S/C20H24N6O2S/c1-13-9-17-16(11-26(13)18-4-7-22-20-15(18)3-6-21-20)19(24-12-23-17)14-5-8-25(10-14)29(2,27)28/h3-4,6-7,12-14H,5,8-11H2,1-2H3,(H,21,22)/t13-,14?/m1/s1. The molecule has 0 aromatic carbocycles. The fourth-order valence-electron chi connectivity index (χ4n) is 4.65. The Morgan fingerprint density at radius 3 is 2.86 bits per heavy atom. The Bertz CT molecular complexity index is 1170. The van der Waals surface area contributed by atoms with Crippen molar-refractivity contribution < 1.29 is 8.42 Å². The number of pyridine rings is 1. The Hall–Kier alpha value is -2.52. The van der Waals surface area contributed by atoms with Crippen LogP contribution in [0.4, 0.5) is 5.69 Å². The number of hydrogen-bond donors (Lipinski definition) is 1. The van der Waals surface area contributed by atoms with Gasteiger partial charge in [0.15, 0.2) is 0 Å². The van der Waals surface area contributed by atoms with Crippen LogP contribution < -0.4 is 4.90 Å². The minimum Gasteiger partial charge on any atom is -0.363 e. The van der Waals surface area contributed by atoms with Crippen LogP contribution in [0.15, 0.2) is 30.9 Å². The summed E-state index contributed by atoms with van der Waals surface area (Å²) in [5, 5.41) is 1.10. The number of aromatic nitrogens is 4. The molecule has 1 saturated heterocycles. The number of fused-ring (bicyclic) bond motifs is 2. The molecular weight excluding hydrogens is 388 g/mol. The number of rotatable bonds is 3. The molecule has 0 saturated carbocycles. The Kier molecular flexibility index (Phi) is 4.32. The molecule has 0 bridgehead atoms. The van der Waals surface area contributed by atoms with Crippen LogP contribution in [0.5, 0.6) is 0 Å². The van der Waals surface area contributed by atoms with E-state index < -0.39 is 10.0 Å². The van der Waals surface area contributed by atoms with Gasteiger partial charge < -0.3 is 9.88 Å². The topological polar surface area (TPSA) is 95.1 Å². The van der Waals surface area contributed by atoms with Gasteiger partial charge in [-0.25, -0.2) is 27.7 Å². The minimum atomic E-state index is -3.18. The van der Waals surface area contributed by atoms with Crippen LogP contribution in [-0.2, 0) is 23.0 Å². The van der Waals surface area contributed by atoms with Gasteiger partial charge in [-0.3, -0.25) is 0 Å². The minimum absolute atomic E-state index is 0.112. The first-order chi connectivity index (χ1) is 13.9. The van der Waals surface area contributed by atoms with Crippen molar-refractivity contribution in [2.24, 2.45) is 0 Å². The predicted octanol–water partition coefficient (Wildman–Crippen LogP) is 2.05. The zero-order valence-corrected chi connectivity index (χ0v) is 17.4. The van der Waals surface area contributed by atoms with Crippen molar-refractivity contribution in [3.05, 3.63) is 47.8 Å². The van der Waals surface area contributed by atoms with Crippen molar-refractivity contribution in [1.82, 2.24) is 24.2 Å². The summed E-state index contributed by atoms with van der Waals surface area (Å²) in [7, 11) is -3.18. The van der Waals surface area contributed by atoms with Crippen molar-refractivity contribution >= 4 is 26.7 Å². The first-order valence-electron chi connectivity index (χ1n) is 9.88. The third kappa shape index (κ3) is 3.18. The molecule has 152 valence electrons. The van der Waals surface area contributed by atoms with Gasteiger partial charge in [0.25, 0.3) is 0 Å². The van der Waals surface area contributed by atoms with E-state index >= 15 is 0 Å². The molecule has 2 aliphatic rings. The maximum atomic E-state index is 12.0. The summed E-state index contributed by atoms with van der Waals surface area (Å²) in [6.45, 7) is 3.98. The lowest BCUT2D eigenvalue weighted by molar-refractivity contribution is 0.476. The molecule has 0 radical (unpaired) electrons. The van der Waals surface area contributed by atoms with Crippen LogP contribution in [0.25, 0.3) is 11.0 Å². The Balaban J connectivity index is 1.52. The van der Waals surface area contributed by atoms with Crippen LogP contribution in [0.2, 0.25) is 0 Å². The smallest absolute Gasteiger partial charge is 0.211 e. The maximum Gasteiger partial charge on any atom is 0.211 e. The molecule has 5 heterocycles. The molecule has 0 spiro atoms.